The Balaban J connectivity index is 1.38. The highest BCUT2D eigenvalue weighted by molar-refractivity contribution is 5.50. The monoisotopic (exact) mass is 362 g/mol. The van der Waals surface area contributed by atoms with Crippen LogP contribution >= 0.6 is 0 Å². The first-order chi connectivity index (χ1) is 12.9. The average molecular weight is 363 g/mol. The molecule has 1 aliphatic rings. The molecule has 0 saturated carbocycles. The summed E-state index contributed by atoms with van der Waals surface area (Å²) in [7, 11) is 0. The summed E-state index contributed by atoms with van der Waals surface area (Å²) in [5.41, 5.74) is 1.18. The third kappa shape index (κ3) is 9.35. The zero-order valence-corrected chi connectivity index (χ0v) is 16.0. The zero-order chi connectivity index (χ0) is 18.3. The first-order valence-corrected chi connectivity index (χ1v) is 10.3. The van der Waals surface area contributed by atoms with Crippen molar-refractivity contribution in [1.29, 1.82) is 0 Å². The molecule has 1 unspecified atom stereocenters. The molecule has 0 N–H and O–H groups in total. The normalized spacial score (nSPS) is 17.2. The second-order valence-electron chi connectivity index (χ2n) is 6.99. The highest BCUT2D eigenvalue weighted by Gasteiger charge is 2.13. The van der Waals surface area contributed by atoms with Gasteiger partial charge < -0.3 is 19.0 Å². The Morgan fingerprint density at radius 3 is 2.38 bits per heavy atom. The number of unbranched alkanes of at least 4 members (excludes halogenated alkanes) is 5. The molecular weight excluding hydrogens is 328 g/mol. The molecule has 1 heterocycles. The van der Waals surface area contributed by atoms with Gasteiger partial charge in [-0.3, -0.25) is 0 Å². The van der Waals surface area contributed by atoms with E-state index in [1.807, 2.05) is 24.3 Å². The van der Waals surface area contributed by atoms with E-state index in [-0.39, 0.29) is 6.29 Å². The molecule has 2 rings (SSSR count). The summed E-state index contributed by atoms with van der Waals surface area (Å²) in [4.78, 5) is 10.4. The van der Waals surface area contributed by atoms with Crippen LogP contribution in [0.5, 0.6) is 5.75 Å². The third-order valence-electron chi connectivity index (χ3n) is 4.72. The van der Waals surface area contributed by atoms with Crippen molar-refractivity contribution < 1.29 is 19.0 Å². The molecule has 1 fully saturated rings. The molecular formula is C22H34O4. The van der Waals surface area contributed by atoms with Gasteiger partial charge in [0.15, 0.2) is 6.29 Å². The van der Waals surface area contributed by atoms with Gasteiger partial charge in [-0.25, -0.2) is 0 Å². The summed E-state index contributed by atoms with van der Waals surface area (Å²) >= 11 is 0. The minimum Gasteiger partial charge on any atom is -0.494 e. The number of hydrogen-bond donors (Lipinski definition) is 0. The van der Waals surface area contributed by atoms with Crippen molar-refractivity contribution in [2.75, 3.05) is 19.8 Å². The molecule has 26 heavy (non-hydrogen) atoms. The van der Waals surface area contributed by atoms with E-state index in [0.717, 1.165) is 57.5 Å². The van der Waals surface area contributed by atoms with Gasteiger partial charge in [-0.15, -0.1) is 0 Å². The van der Waals surface area contributed by atoms with E-state index in [4.69, 9.17) is 14.2 Å². The highest BCUT2D eigenvalue weighted by atomic mass is 16.7. The van der Waals surface area contributed by atoms with E-state index in [2.05, 4.69) is 0 Å². The van der Waals surface area contributed by atoms with Gasteiger partial charge >= 0.3 is 0 Å². The zero-order valence-electron chi connectivity index (χ0n) is 16.0. The lowest BCUT2D eigenvalue weighted by Crippen LogP contribution is -2.22. The summed E-state index contributed by atoms with van der Waals surface area (Å²) in [5.74, 6) is 0.918. The summed E-state index contributed by atoms with van der Waals surface area (Å²) in [6, 6.07) is 8.07. The van der Waals surface area contributed by atoms with Crippen LogP contribution in [0.4, 0.5) is 0 Å². The van der Waals surface area contributed by atoms with Gasteiger partial charge in [0, 0.05) is 19.6 Å². The molecule has 0 spiro atoms. The Labute approximate surface area is 158 Å². The lowest BCUT2D eigenvalue weighted by Gasteiger charge is -2.22. The number of aryl methyl sites for hydroxylation is 1. The average Bonchev–Trinajstić information content (AvgIpc) is 2.69. The minimum absolute atomic E-state index is 0.0555. The van der Waals surface area contributed by atoms with E-state index in [0.29, 0.717) is 6.42 Å². The largest absolute Gasteiger partial charge is 0.494 e. The summed E-state index contributed by atoms with van der Waals surface area (Å²) < 4.78 is 17.1. The van der Waals surface area contributed by atoms with Gasteiger partial charge in [0.2, 0.25) is 0 Å². The van der Waals surface area contributed by atoms with Crippen LogP contribution in [-0.2, 0) is 20.7 Å². The Hall–Kier alpha value is -1.39. The summed E-state index contributed by atoms with van der Waals surface area (Å²) in [6.07, 6.45) is 13.1. The topological polar surface area (TPSA) is 44.8 Å². The standard InChI is InChI=1S/C22H34O4/c23-16-9-10-20-12-14-21(15-13-20)24-17-6-3-1-2-4-7-18-25-22-11-5-8-19-26-22/h12-16,22H,1-11,17-19H2. The molecule has 0 aliphatic carbocycles. The maximum absolute atomic E-state index is 10.4. The molecule has 0 bridgehead atoms. The molecule has 0 amide bonds. The molecule has 1 aromatic carbocycles. The van der Waals surface area contributed by atoms with Crippen molar-refractivity contribution in [2.24, 2.45) is 0 Å². The Morgan fingerprint density at radius 2 is 1.69 bits per heavy atom. The fourth-order valence-electron chi connectivity index (χ4n) is 3.14. The number of ether oxygens (including phenoxy) is 3. The molecule has 1 aliphatic heterocycles. The minimum atomic E-state index is 0.0555. The van der Waals surface area contributed by atoms with Crippen LogP contribution in [0.25, 0.3) is 0 Å². The highest BCUT2D eigenvalue weighted by Crippen LogP contribution is 2.15. The van der Waals surface area contributed by atoms with Crippen LogP contribution in [0, 0.1) is 0 Å². The Morgan fingerprint density at radius 1 is 0.962 bits per heavy atom. The number of carbonyl (C=O) groups excluding carboxylic acids is 1. The van der Waals surface area contributed by atoms with Crippen LogP contribution in [0.2, 0.25) is 0 Å². The van der Waals surface area contributed by atoms with Gasteiger partial charge in [-0.05, 0) is 56.2 Å². The summed E-state index contributed by atoms with van der Waals surface area (Å²) in [5, 5.41) is 0. The first kappa shape index (κ1) is 20.9. The number of carbonyl (C=O) groups is 1. The van der Waals surface area contributed by atoms with Crippen LogP contribution in [-0.4, -0.2) is 32.4 Å². The van der Waals surface area contributed by atoms with Gasteiger partial charge in [-0.2, -0.15) is 0 Å². The van der Waals surface area contributed by atoms with Gasteiger partial charge in [0.25, 0.3) is 0 Å². The van der Waals surface area contributed by atoms with Crippen molar-refractivity contribution in [3.05, 3.63) is 29.8 Å². The fourth-order valence-corrected chi connectivity index (χ4v) is 3.14. The maximum atomic E-state index is 10.4. The first-order valence-electron chi connectivity index (χ1n) is 10.3. The summed E-state index contributed by atoms with van der Waals surface area (Å²) in [6.45, 7) is 2.46. The molecule has 4 nitrogen and oxygen atoms in total. The molecule has 4 heteroatoms. The van der Waals surface area contributed by atoms with Crippen LogP contribution in [0.1, 0.15) is 69.8 Å². The number of benzene rings is 1. The number of aldehydes is 1. The molecule has 146 valence electrons. The quantitative estimate of drug-likeness (QED) is 0.342. The van der Waals surface area contributed by atoms with Gasteiger partial charge in [0.05, 0.1) is 6.61 Å². The predicted octanol–water partition coefficient (Wildman–Crippen LogP) is 5.08. The van der Waals surface area contributed by atoms with Gasteiger partial charge in [-0.1, -0.05) is 37.8 Å². The lowest BCUT2D eigenvalue weighted by atomic mass is 10.1. The SMILES string of the molecule is O=CCCc1ccc(OCCCCCCCCOC2CCCCO2)cc1. The molecule has 0 radical (unpaired) electrons. The fraction of sp³-hybridized carbons (Fsp3) is 0.682. The van der Waals surface area contributed by atoms with Crippen molar-refractivity contribution >= 4 is 6.29 Å². The maximum Gasteiger partial charge on any atom is 0.157 e. The van der Waals surface area contributed by atoms with Crippen molar-refractivity contribution in [2.45, 2.75) is 76.9 Å². The van der Waals surface area contributed by atoms with Crippen molar-refractivity contribution in [1.82, 2.24) is 0 Å². The van der Waals surface area contributed by atoms with Crippen LogP contribution in [0.3, 0.4) is 0 Å². The van der Waals surface area contributed by atoms with Gasteiger partial charge in [0.1, 0.15) is 12.0 Å². The van der Waals surface area contributed by atoms with E-state index in [1.54, 1.807) is 0 Å². The molecule has 1 atom stereocenters. The predicted molar refractivity (Wildman–Crippen MR) is 104 cm³/mol. The van der Waals surface area contributed by atoms with E-state index in [9.17, 15) is 4.79 Å². The Bertz CT molecular complexity index is 466. The smallest absolute Gasteiger partial charge is 0.157 e. The van der Waals surface area contributed by atoms with E-state index in [1.165, 1.54) is 44.1 Å². The molecule has 1 aromatic rings. The third-order valence-corrected chi connectivity index (χ3v) is 4.72. The second kappa shape index (κ2) is 13.8. The lowest BCUT2D eigenvalue weighted by molar-refractivity contribution is -0.162. The van der Waals surface area contributed by atoms with E-state index < -0.39 is 0 Å². The number of rotatable bonds is 14. The Kier molecular flexibility index (Phi) is 11.1. The van der Waals surface area contributed by atoms with Crippen LogP contribution in [0.15, 0.2) is 24.3 Å². The van der Waals surface area contributed by atoms with E-state index >= 15 is 0 Å². The number of hydrogen-bond acceptors (Lipinski definition) is 4. The van der Waals surface area contributed by atoms with Crippen molar-refractivity contribution in [3.8, 4) is 5.75 Å². The molecule has 0 aromatic heterocycles. The second-order valence-corrected chi connectivity index (χ2v) is 6.99. The van der Waals surface area contributed by atoms with Crippen LogP contribution < -0.4 is 4.74 Å². The molecule has 1 saturated heterocycles. The van der Waals surface area contributed by atoms with Crippen molar-refractivity contribution in [3.63, 3.8) is 0 Å².